The molecule has 0 saturated heterocycles. The molecule has 2 heteroatoms. The number of fused-ring (bicyclic) bond motifs is 6. The van der Waals surface area contributed by atoms with E-state index >= 15 is 0 Å². The maximum atomic E-state index is 6.16. The fourth-order valence-electron chi connectivity index (χ4n) is 2.99. The average Bonchev–Trinajstić information content (AvgIpc) is 2.40. The van der Waals surface area contributed by atoms with Gasteiger partial charge in [-0.25, -0.2) is 0 Å². The number of para-hydroxylation sites is 2. The molecule has 2 aliphatic rings. The van der Waals surface area contributed by atoms with Crippen LogP contribution in [0.15, 0.2) is 48.5 Å². The van der Waals surface area contributed by atoms with E-state index in [1.54, 1.807) is 0 Å². The highest BCUT2D eigenvalue weighted by molar-refractivity contribution is 5.46. The average molecular weight is 238 g/mol. The van der Waals surface area contributed by atoms with Crippen LogP contribution in [0.3, 0.4) is 0 Å². The molecule has 18 heavy (non-hydrogen) atoms. The van der Waals surface area contributed by atoms with E-state index < -0.39 is 0 Å². The van der Waals surface area contributed by atoms with Gasteiger partial charge in [-0.2, -0.15) is 0 Å². The fourth-order valence-corrected chi connectivity index (χ4v) is 2.99. The van der Waals surface area contributed by atoms with Crippen molar-refractivity contribution in [3.8, 4) is 11.5 Å². The van der Waals surface area contributed by atoms with Crippen molar-refractivity contribution >= 4 is 0 Å². The monoisotopic (exact) mass is 238 g/mol. The number of hydrogen-bond acceptors (Lipinski definition) is 2. The van der Waals surface area contributed by atoms with Crippen LogP contribution in [0.5, 0.6) is 11.5 Å². The topological polar surface area (TPSA) is 18.5 Å². The number of ether oxygens (including phenoxy) is 2. The minimum Gasteiger partial charge on any atom is -0.485 e. The van der Waals surface area contributed by atoms with Crippen molar-refractivity contribution in [3.63, 3.8) is 0 Å². The predicted octanol–water partition coefficient (Wildman–Crippen LogP) is 3.89. The largest absolute Gasteiger partial charge is 0.485 e. The smallest absolute Gasteiger partial charge is 0.134 e. The highest BCUT2D eigenvalue weighted by Gasteiger charge is 2.42. The van der Waals surface area contributed by atoms with Gasteiger partial charge in [0.15, 0.2) is 0 Å². The van der Waals surface area contributed by atoms with Gasteiger partial charge in [0.25, 0.3) is 0 Å². The molecule has 2 aromatic carbocycles. The molecule has 2 atom stereocenters. The molecule has 2 aromatic rings. The molecule has 0 aliphatic carbocycles. The van der Waals surface area contributed by atoms with E-state index in [-0.39, 0.29) is 12.2 Å². The summed E-state index contributed by atoms with van der Waals surface area (Å²) in [6, 6.07) is 16.4. The highest BCUT2D eigenvalue weighted by atomic mass is 16.5. The lowest BCUT2D eigenvalue weighted by Gasteiger charge is -2.42. The molecule has 0 radical (unpaired) electrons. The minimum atomic E-state index is 0.106. The third kappa shape index (κ3) is 1.23. The van der Waals surface area contributed by atoms with Gasteiger partial charge in [0.05, 0.1) is 0 Å². The lowest BCUT2D eigenvalue weighted by atomic mass is 9.83. The van der Waals surface area contributed by atoms with Crippen LogP contribution in [0.2, 0.25) is 0 Å². The third-order valence-electron chi connectivity index (χ3n) is 3.91. The molecule has 0 unspecified atom stereocenters. The normalized spacial score (nSPS) is 27.5. The van der Waals surface area contributed by atoms with Crippen LogP contribution in [0.25, 0.3) is 0 Å². The Bertz CT molecular complexity index is 552. The van der Waals surface area contributed by atoms with E-state index in [0.29, 0.717) is 5.92 Å². The Balaban J connectivity index is 1.90. The van der Waals surface area contributed by atoms with Crippen LogP contribution in [0.1, 0.15) is 30.3 Å². The van der Waals surface area contributed by atoms with Gasteiger partial charge in [-0.1, -0.05) is 43.3 Å². The molecule has 0 spiro atoms. The zero-order valence-electron chi connectivity index (χ0n) is 10.2. The molecular formula is C16H14O2. The van der Waals surface area contributed by atoms with Crippen molar-refractivity contribution in [1.82, 2.24) is 0 Å². The summed E-state index contributed by atoms with van der Waals surface area (Å²) in [6.45, 7) is 2.20. The quantitative estimate of drug-likeness (QED) is 0.693. The third-order valence-corrected chi connectivity index (χ3v) is 3.91. The van der Waals surface area contributed by atoms with Crippen LogP contribution in [-0.4, -0.2) is 0 Å². The van der Waals surface area contributed by atoms with Gasteiger partial charge in [0, 0.05) is 17.0 Å². The molecule has 2 nitrogen and oxygen atoms in total. The first kappa shape index (κ1) is 10.0. The molecule has 90 valence electrons. The van der Waals surface area contributed by atoms with Crippen molar-refractivity contribution in [2.24, 2.45) is 5.92 Å². The first-order valence-corrected chi connectivity index (χ1v) is 6.36. The summed E-state index contributed by atoms with van der Waals surface area (Å²) in [4.78, 5) is 0. The van der Waals surface area contributed by atoms with E-state index in [1.807, 2.05) is 36.4 Å². The highest BCUT2D eigenvalue weighted by Crippen LogP contribution is 2.52. The molecule has 2 bridgehead atoms. The van der Waals surface area contributed by atoms with Gasteiger partial charge in [0.2, 0.25) is 0 Å². The second-order valence-electron chi connectivity index (χ2n) is 5.01. The summed E-state index contributed by atoms with van der Waals surface area (Å²) in [7, 11) is 0. The van der Waals surface area contributed by atoms with E-state index in [1.165, 1.54) is 0 Å². The van der Waals surface area contributed by atoms with E-state index in [4.69, 9.17) is 9.47 Å². The van der Waals surface area contributed by atoms with E-state index in [2.05, 4.69) is 19.1 Å². The van der Waals surface area contributed by atoms with Crippen LogP contribution >= 0.6 is 0 Å². The number of rotatable bonds is 0. The van der Waals surface area contributed by atoms with Crippen molar-refractivity contribution in [2.75, 3.05) is 0 Å². The molecule has 2 aliphatic heterocycles. The second-order valence-corrected chi connectivity index (χ2v) is 5.01. The van der Waals surface area contributed by atoms with Crippen LogP contribution in [0, 0.1) is 5.92 Å². The Morgan fingerprint density at radius 3 is 1.67 bits per heavy atom. The van der Waals surface area contributed by atoms with Crippen LogP contribution < -0.4 is 9.47 Å². The van der Waals surface area contributed by atoms with Gasteiger partial charge in [-0.3, -0.25) is 0 Å². The Labute approximate surface area is 106 Å². The summed E-state index contributed by atoms with van der Waals surface area (Å²) in [5, 5.41) is 0. The van der Waals surface area contributed by atoms with Crippen molar-refractivity contribution < 1.29 is 9.47 Å². The maximum absolute atomic E-state index is 6.16. The van der Waals surface area contributed by atoms with Gasteiger partial charge in [-0.15, -0.1) is 0 Å². The molecule has 0 N–H and O–H groups in total. The Morgan fingerprint density at radius 2 is 1.17 bits per heavy atom. The lowest BCUT2D eigenvalue weighted by Crippen LogP contribution is -2.35. The SMILES string of the molecule is CC1[C@H]2Oc3ccccc3[C@@H]1Oc1ccccc12. The molecule has 0 saturated carbocycles. The second kappa shape index (κ2) is 3.52. The van der Waals surface area contributed by atoms with Crippen molar-refractivity contribution in [1.29, 1.82) is 0 Å². The van der Waals surface area contributed by atoms with Crippen molar-refractivity contribution in [3.05, 3.63) is 59.7 Å². The molecule has 0 aromatic heterocycles. The minimum absolute atomic E-state index is 0.106. The Kier molecular flexibility index (Phi) is 1.95. The van der Waals surface area contributed by atoms with Crippen LogP contribution in [-0.2, 0) is 0 Å². The summed E-state index contributed by atoms with van der Waals surface area (Å²) < 4.78 is 12.3. The predicted molar refractivity (Wildman–Crippen MR) is 68.8 cm³/mol. The van der Waals surface area contributed by atoms with Gasteiger partial charge in [0.1, 0.15) is 23.7 Å². The standard InChI is InChI=1S/C16H14O2/c1-10-15-11-6-2-4-8-13(11)17-16(10)12-7-3-5-9-14(12)18-15/h2-10,15-16H,1H3/t15-,16-/m1/s1. The summed E-state index contributed by atoms with van der Waals surface area (Å²) in [5.74, 6) is 2.26. The number of benzene rings is 2. The summed E-state index contributed by atoms with van der Waals surface area (Å²) in [5.41, 5.74) is 2.33. The first-order valence-electron chi connectivity index (χ1n) is 6.36. The Morgan fingerprint density at radius 1 is 0.722 bits per heavy atom. The zero-order chi connectivity index (χ0) is 12.1. The van der Waals surface area contributed by atoms with Crippen molar-refractivity contribution in [2.45, 2.75) is 19.1 Å². The van der Waals surface area contributed by atoms with E-state index in [0.717, 1.165) is 22.6 Å². The maximum Gasteiger partial charge on any atom is 0.134 e. The van der Waals surface area contributed by atoms with Crippen LogP contribution in [0.4, 0.5) is 0 Å². The summed E-state index contributed by atoms with van der Waals surface area (Å²) in [6.07, 6.45) is 0.213. The van der Waals surface area contributed by atoms with E-state index in [9.17, 15) is 0 Å². The fraction of sp³-hybridized carbons (Fsp3) is 0.250. The molecule has 2 heterocycles. The van der Waals surface area contributed by atoms with Gasteiger partial charge >= 0.3 is 0 Å². The number of hydrogen-bond donors (Lipinski definition) is 0. The summed E-state index contributed by atoms with van der Waals surface area (Å²) >= 11 is 0. The molecule has 0 amide bonds. The van der Waals surface area contributed by atoms with Gasteiger partial charge < -0.3 is 9.47 Å². The Hall–Kier alpha value is -1.96. The molecular weight excluding hydrogens is 224 g/mol. The lowest BCUT2D eigenvalue weighted by molar-refractivity contribution is -0.00277. The molecule has 0 fully saturated rings. The zero-order valence-corrected chi connectivity index (χ0v) is 10.2. The van der Waals surface area contributed by atoms with Gasteiger partial charge in [-0.05, 0) is 12.1 Å². The molecule has 4 rings (SSSR count). The first-order chi connectivity index (χ1) is 8.84.